The molecule has 1 N–H and O–H groups in total. The third kappa shape index (κ3) is 2.14. The Morgan fingerprint density at radius 1 is 1.32 bits per heavy atom. The lowest BCUT2D eigenvalue weighted by Gasteiger charge is -2.24. The normalized spacial score (nSPS) is 23.2. The van der Waals surface area contributed by atoms with Crippen molar-refractivity contribution < 1.29 is 9.53 Å². The molecule has 102 valence electrons. The Kier molecular flexibility index (Phi) is 3.29. The van der Waals surface area contributed by atoms with E-state index in [-0.39, 0.29) is 6.03 Å². The number of hydrogen-bond donors (Lipinski definition) is 1. The summed E-state index contributed by atoms with van der Waals surface area (Å²) in [4.78, 5) is 16.3. The van der Waals surface area contributed by atoms with E-state index in [9.17, 15) is 4.79 Å². The van der Waals surface area contributed by atoms with Crippen LogP contribution < -0.4 is 15.0 Å². The second-order valence-corrected chi connectivity index (χ2v) is 4.95. The summed E-state index contributed by atoms with van der Waals surface area (Å²) in [5.74, 6) is 0.752. The van der Waals surface area contributed by atoms with Crippen LogP contribution in [0.3, 0.4) is 0 Å². The number of rotatable bonds is 3. The van der Waals surface area contributed by atoms with Gasteiger partial charge in [-0.3, -0.25) is 4.90 Å². The van der Waals surface area contributed by atoms with Gasteiger partial charge < -0.3 is 15.0 Å². The quantitative estimate of drug-likeness (QED) is 0.892. The molecule has 2 aliphatic heterocycles. The van der Waals surface area contributed by atoms with Crippen molar-refractivity contribution >= 4 is 11.7 Å². The van der Waals surface area contributed by atoms with Crippen LogP contribution in [0.15, 0.2) is 24.3 Å². The summed E-state index contributed by atoms with van der Waals surface area (Å²) in [6, 6.07) is 8.12. The van der Waals surface area contributed by atoms with Gasteiger partial charge in [-0.1, -0.05) is 12.1 Å². The topological polar surface area (TPSA) is 44.8 Å². The van der Waals surface area contributed by atoms with E-state index in [4.69, 9.17) is 4.74 Å². The average Bonchev–Trinajstić information content (AvgIpc) is 3.08. The molecule has 2 saturated heterocycles. The highest BCUT2D eigenvalue weighted by molar-refractivity contribution is 5.95. The molecule has 2 fully saturated rings. The van der Waals surface area contributed by atoms with Crippen molar-refractivity contribution in [3.8, 4) is 5.75 Å². The SMILES string of the molecule is COc1ccccc1N1CCN(C2CCNC2)C1=O. The Bertz CT molecular complexity index is 472. The minimum atomic E-state index is 0.0956. The Hall–Kier alpha value is -1.75. The second kappa shape index (κ2) is 5.09. The molecule has 5 heteroatoms. The van der Waals surface area contributed by atoms with Crippen molar-refractivity contribution in [2.75, 3.05) is 38.2 Å². The monoisotopic (exact) mass is 261 g/mol. The van der Waals surface area contributed by atoms with Crippen LogP contribution >= 0.6 is 0 Å². The van der Waals surface area contributed by atoms with Crippen molar-refractivity contribution in [1.82, 2.24) is 10.2 Å². The fourth-order valence-electron chi connectivity index (χ4n) is 2.87. The highest BCUT2D eigenvalue weighted by Crippen LogP contribution is 2.31. The Morgan fingerprint density at radius 2 is 2.16 bits per heavy atom. The van der Waals surface area contributed by atoms with Gasteiger partial charge in [0, 0.05) is 25.7 Å². The van der Waals surface area contributed by atoms with Gasteiger partial charge in [-0.2, -0.15) is 0 Å². The first-order valence-electron chi connectivity index (χ1n) is 6.73. The molecule has 0 spiro atoms. The molecular weight excluding hydrogens is 242 g/mol. The molecular formula is C14H19N3O2. The van der Waals surface area contributed by atoms with E-state index in [1.807, 2.05) is 34.1 Å². The number of anilines is 1. The average molecular weight is 261 g/mol. The maximum absolute atomic E-state index is 12.5. The summed E-state index contributed by atoms with van der Waals surface area (Å²) < 4.78 is 5.34. The number of nitrogens with one attached hydrogen (secondary N) is 1. The smallest absolute Gasteiger partial charge is 0.325 e. The van der Waals surface area contributed by atoms with Gasteiger partial charge in [0.2, 0.25) is 0 Å². The van der Waals surface area contributed by atoms with Gasteiger partial charge in [0.05, 0.1) is 12.8 Å². The molecule has 0 radical (unpaired) electrons. The zero-order valence-electron chi connectivity index (χ0n) is 11.1. The van der Waals surface area contributed by atoms with Crippen molar-refractivity contribution in [3.05, 3.63) is 24.3 Å². The highest BCUT2D eigenvalue weighted by Gasteiger charge is 2.36. The van der Waals surface area contributed by atoms with Gasteiger partial charge in [0.25, 0.3) is 0 Å². The molecule has 19 heavy (non-hydrogen) atoms. The van der Waals surface area contributed by atoms with Crippen LogP contribution in [0.4, 0.5) is 10.5 Å². The summed E-state index contributed by atoms with van der Waals surface area (Å²) in [5, 5.41) is 3.31. The number of carbonyl (C=O) groups is 1. The van der Waals surface area contributed by atoms with E-state index in [2.05, 4.69) is 5.32 Å². The van der Waals surface area contributed by atoms with Crippen molar-refractivity contribution in [1.29, 1.82) is 0 Å². The van der Waals surface area contributed by atoms with Gasteiger partial charge in [-0.05, 0) is 25.1 Å². The fraction of sp³-hybridized carbons (Fsp3) is 0.500. The molecule has 1 unspecified atom stereocenters. The van der Waals surface area contributed by atoms with E-state index in [1.165, 1.54) is 0 Å². The van der Waals surface area contributed by atoms with E-state index < -0.39 is 0 Å². The summed E-state index contributed by atoms with van der Waals surface area (Å²) in [6.45, 7) is 3.44. The predicted octanol–water partition coefficient (Wildman–Crippen LogP) is 1.30. The number of carbonyl (C=O) groups excluding carboxylic acids is 1. The third-order valence-corrected chi connectivity index (χ3v) is 3.89. The van der Waals surface area contributed by atoms with Crippen LogP contribution in [-0.4, -0.2) is 50.3 Å². The van der Waals surface area contributed by atoms with Crippen LogP contribution in [0, 0.1) is 0 Å². The third-order valence-electron chi connectivity index (χ3n) is 3.89. The molecule has 0 saturated carbocycles. The minimum absolute atomic E-state index is 0.0956. The minimum Gasteiger partial charge on any atom is -0.495 e. The van der Waals surface area contributed by atoms with Crippen LogP contribution in [0.2, 0.25) is 0 Å². The molecule has 2 aliphatic rings. The van der Waals surface area contributed by atoms with Crippen LogP contribution in [0.25, 0.3) is 0 Å². The number of hydrogen-bond acceptors (Lipinski definition) is 3. The molecule has 1 aromatic carbocycles. The van der Waals surface area contributed by atoms with Gasteiger partial charge in [0.15, 0.2) is 0 Å². The van der Waals surface area contributed by atoms with Crippen LogP contribution in [-0.2, 0) is 0 Å². The maximum atomic E-state index is 12.5. The first-order valence-corrected chi connectivity index (χ1v) is 6.73. The number of benzene rings is 1. The molecule has 5 nitrogen and oxygen atoms in total. The number of amides is 2. The first kappa shape index (κ1) is 12.3. The van der Waals surface area contributed by atoms with E-state index in [0.717, 1.165) is 44.0 Å². The molecule has 2 heterocycles. The largest absolute Gasteiger partial charge is 0.495 e. The molecule has 3 rings (SSSR count). The molecule has 0 aromatic heterocycles. The number of para-hydroxylation sites is 2. The Morgan fingerprint density at radius 3 is 2.89 bits per heavy atom. The van der Waals surface area contributed by atoms with E-state index in [1.54, 1.807) is 7.11 Å². The number of ether oxygens (including phenoxy) is 1. The standard InChI is InChI=1S/C14H19N3O2/c1-19-13-5-3-2-4-12(13)17-9-8-16(14(17)18)11-6-7-15-10-11/h2-5,11,15H,6-10H2,1H3. The number of urea groups is 1. The van der Waals surface area contributed by atoms with Gasteiger partial charge in [0.1, 0.15) is 5.75 Å². The zero-order valence-corrected chi connectivity index (χ0v) is 11.1. The predicted molar refractivity (Wildman–Crippen MR) is 73.7 cm³/mol. The van der Waals surface area contributed by atoms with Crippen molar-refractivity contribution in [2.45, 2.75) is 12.5 Å². The van der Waals surface area contributed by atoms with Gasteiger partial charge >= 0.3 is 6.03 Å². The molecule has 1 aromatic rings. The van der Waals surface area contributed by atoms with Crippen molar-refractivity contribution in [2.24, 2.45) is 0 Å². The maximum Gasteiger partial charge on any atom is 0.325 e. The summed E-state index contributed by atoms with van der Waals surface area (Å²) in [6.07, 6.45) is 1.05. The molecule has 0 aliphatic carbocycles. The lowest BCUT2D eigenvalue weighted by Crippen LogP contribution is -2.40. The zero-order chi connectivity index (χ0) is 13.2. The number of methoxy groups -OCH3 is 1. The van der Waals surface area contributed by atoms with Gasteiger partial charge in [-0.25, -0.2) is 4.79 Å². The molecule has 1 atom stereocenters. The van der Waals surface area contributed by atoms with E-state index in [0.29, 0.717) is 6.04 Å². The fourth-order valence-corrected chi connectivity index (χ4v) is 2.87. The lowest BCUT2D eigenvalue weighted by atomic mass is 10.2. The summed E-state index contributed by atoms with van der Waals surface area (Å²) in [7, 11) is 1.64. The second-order valence-electron chi connectivity index (χ2n) is 4.95. The lowest BCUT2D eigenvalue weighted by molar-refractivity contribution is 0.204. The number of nitrogens with zero attached hydrogens (tertiary/aromatic N) is 2. The van der Waals surface area contributed by atoms with Crippen molar-refractivity contribution in [3.63, 3.8) is 0 Å². The molecule has 0 bridgehead atoms. The Balaban J connectivity index is 1.81. The van der Waals surface area contributed by atoms with Crippen LogP contribution in [0.5, 0.6) is 5.75 Å². The Labute approximate surface area is 113 Å². The van der Waals surface area contributed by atoms with E-state index >= 15 is 0 Å². The first-order chi connectivity index (χ1) is 9.31. The summed E-state index contributed by atoms with van der Waals surface area (Å²) in [5.41, 5.74) is 0.864. The highest BCUT2D eigenvalue weighted by atomic mass is 16.5. The molecule has 2 amide bonds. The van der Waals surface area contributed by atoms with Crippen LogP contribution in [0.1, 0.15) is 6.42 Å². The van der Waals surface area contributed by atoms with Gasteiger partial charge in [-0.15, -0.1) is 0 Å². The summed E-state index contributed by atoms with van der Waals surface area (Å²) >= 11 is 0.